The smallest absolute Gasteiger partial charge is 0.133 e. The average Bonchev–Trinajstić information content (AvgIpc) is 2.33. The zero-order valence-corrected chi connectivity index (χ0v) is 6.71. The summed E-state index contributed by atoms with van der Waals surface area (Å²) in [6.45, 7) is 1.31. The maximum absolute atomic E-state index is 10.9. The van der Waals surface area contributed by atoms with E-state index in [-0.39, 0.29) is 18.3 Å². The van der Waals surface area contributed by atoms with E-state index in [0.29, 0.717) is 19.3 Å². The van der Waals surface area contributed by atoms with Gasteiger partial charge in [-0.2, -0.15) is 0 Å². The van der Waals surface area contributed by atoms with Crippen molar-refractivity contribution >= 4 is 5.78 Å². The lowest BCUT2D eigenvalue weighted by molar-refractivity contribution is -0.121. The number of aliphatic hydroxyl groups is 2. The molecule has 0 aromatic rings. The van der Waals surface area contributed by atoms with E-state index in [1.165, 1.54) is 6.92 Å². The first-order valence-corrected chi connectivity index (χ1v) is 3.91. The molecule has 0 aromatic carbocycles. The Hall–Kier alpha value is -0.410. The number of hydrogen-bond acceptors (Lipinski definition) is 3. The molecule has 0 bridgehead atoms. The van der Waals surface area contributed by atoms with Crippen LogP contribution in [0.1, 0.15) is 26.2 Å². The second kappa shape index (κ2) is 2.91. The zero-order valence-electron chi connectivity index (χ0n) is 6.71. The predicted octanol–water partition coefficient (Wildman–Crippen LogP) is 0.0989. The van der Waals surface area contributed by atoms with Crippen LogP contribution < -0.4 is 0 Å². The molecule has 0 saturated heterocycles. The second-order valence-corrected chi connectivity index (χ2v) is 3.43. The number of aliphatic hydroxyl groups excluding tert-OH is 1. The maximum atomic E-state index is 10.9. The third-order valence-electron chi connectivity index (χ3n) is 2.45. The predicted molar refractivity (Wildman–Crippen MR) is 40.1 cm³/mol. The van der Waals surface area contributed by atoms with Crippen LogP contribution in [0.2, 0.25) is 0 Å². The van der Waals surface area contributed by atoms with Gasteiger partial charge in [-0.05, 0) is 26.2 Å². The molecule has 0 radical (unpaired) electrons. The van der Waals surface area contributed by atoms with Gasteiger partial charge in [-0.15, -0.1) is 0 Å². The lowest BCUT2D eigenvalue weighted by atomic mass is 9.99. The minimum Gasteiger partial charge on any atom is -0.393 e. The van der Waals surface area contributed by atoms with Gasteiger partial charge < -0.3 is 10.2 Å². The fourth-order valence-corrected chi connectivity index (χ4v) is 1.60. The van der Waals surface area contributed by atoms with Gasteiger partial charge in [-0.1, -0.05) is 0 Å². The molecule has 1 saturated carbocycles. The Bertz CT molecular complexity index is 167. The summed E-state index contributed by atoms with van der Waals surface area (Å²) in [4.78, 5) is 10.9. The van der Waals surface area contributed by atoms with Crippen molar-refractivity contribution in [2.24, 2.45) is 5.92 Å². The Morgan fingerprint density at radius 3 is 2.64 bits per heavy atom. The van der Waals surface area contributed by atoms with Gasteiger partial charge in [0.2, 0.25) is 0 Å². The summed E-state index contributed by atoms with van der Waals surface area (Å²) in [5.74, 6) is 0.0847. The average molecular weight is 158 g/mol. The molecule has 1 fully saturated rings. The summed E-state index contributed by atoms with van der Waals surface area (Å²) in [7, 11) is 0. The van der Waals surface area contributed by atoms with Crippen molar-refractivity contribution in [3.05, 3.63) is 0 Å². The Balaban J connectivity index is 2.53. The lowest BCUT2D eigenvalue weighted by Crippen LogP contribution is -2.30. The molecule has 0 heterocycles. The quantitative estimate of drug-likeness (QED) is 0.599. The molecule has 0 aliphatic heterocycles. The van der Waals surface area contributed by atoms with Gasteiger partial charge >= 0.3 is 0 Å². The minimum absolute atomic E-state index is 0.0350. The van der Waals surface area contributed by atoms with Gasteiger partial charge in [0.1, 0.15) is 5.78 Å². The normalized spacial score (nSPS) is 37.5. The SMILES string of the molecule is CC(=O)[C@H]1CC[C@](O)(CO)C1. The van der Waals surface area contributed by atoms with Gasteiger partial charge in [0.25, 0.3) is 0 Å². The fraction of sp³-hybridized carbons (Fsp3) is 0.875. The van der Waals surface area contributed by atoms with Crippen molar-refractivity contribution in [3.8, 4) is 0 Å². The maximum Gasteiger partial charge on any atom is 0.133 e. The summed E-state index contributed by atoms with van der Waals surface area (Å²) in [6.07, 6.45) is 1.69. The molecule has 0 spiro atoms. The Kier molecular flexibility index (Phi) is 2.30. The number of carbonyl (C=O) groups is 1. The van der Waals surface area contributed by atoms with E-state index in [1.807, 2.05) is 0 Å². The van der Waals surface area contributed by atoms with E-state index < -0.39 is 5.60 Å². The molecule has 0 unspecified atom stereocenters. The van der Waals surface area contributed by atoms with Crippen LogP contribution in [-0.4, -0.2) is 28.2 Å². The first kappa shape index (κ1) is 8.68. The topological polar surface area (TPSA) is 57.5 Å². The van der Waals surface area contributed by atoms with Crippen molar-refractivity contribution < 1.29 is 15.0 Å². The summed E-state index contributed by atoms with van der Waals surface area (Å²) < 4.78 is 0. The van der Waals surface area contributed by atoms with Crippen LogP contribution in [-0.2, 0) is 4.79 Å². The number of rotatable bonds is 2. The standard InChI is InChI=1S/C8H14O3/c1-6(10)7-2-3-8(11,4-7)5-9/h7,9,11H,2-5H2,1H3/t7-,8+/m0/s1. The number of carbonyl (C=O) groups excluding carboxylic acids is 1. The molecule has 2 atom stereocenters. The monoisotopic (exact) mass is 158 g/mol. The van der Waals surface area contributed by atoms with Crippen LogP contribution in [0.5, 0.6) is 0 Å². The van der Waals surface area contributed by atoms with Crippen LogP contribution >= 0.6 is 0 Å². The third kappa shape index (κ3) is 1.79. The first-order chi connectivity index (χ1) is 5.07. The number of ketones is 1. The highest BCUT2D eigenvalue weighted by atomic mass is 16.3. The number of hydrogen-bond donors (Lipinski definition) is 2. The molecule has 1 rings (SSSR count). The Labute approximate surface area is 66.0 Å². The van der Waals surface area contributed by atoms with Gasteiger partial charge in [0.05, 0.1) is 12.2 Å². The van der Waals surface area contributed by atoms with E-state index in [0.717, 1.165) is 0 Å². The molecular formula is C8H14O3. The molecule has 3 nitrogen and oxygen atoms in total. The molecule has 64 valence electrons. The summed E-state index contributed by atoms with van der Waals surface area (Å²) in [6, 6.07) is 0. The Morgan fingerprint density at radius 1 is 1.73 bits per heavy atom. The van der Waals surface area contributed by atoms with Crippen molar-refractivity contribution in [2.45, 2.75) is 31.8 Å². The molecule has 1 aliphatic carbocycles. The van der Waals surface area contributed by atoms with E-state index in [1.54, 1.807) is 0 Å². The molecule has 1 aliphatic rings. The largest absolute Gasteiger partial charge is 0.393 e. The highest BCUT2D eigenvalue weighted by Gasteiger charge is 2.38. The van der Waals surface area contributed by atoms with Crippen molar-refractivity contribution in [1.82, 2.24) is 0 Å². The van der Waals surface area contributed by atoms with Crippen LogP contribution in [0.3, 0.4) is 0 Å². The highest BCUT2D eigenvalue weighted by Crippen LogP contribution is 2.34. The molecule has 3 heteroatoms. The molecule has 11 heavy (non-hydrogen) atoms. The minimum atomic E-state index is -0.976. The van der Waals surface area contributed by atoms with Gasteiger partial charge in [-0.3, -0.25) is 4.79 Å². The second-order valence-electron chi connectivity index (χ2n) is 3.43. The summed E-state index contributed by atoms with van der Waals surface area (Å²) >= 11 is 0. The fourth-order valence-electron chi connectivity index (χ4n) is 1.60. The first-order valence-electron chi connectivity index (χ1n) is 3.91. The van der Waals surface area contributed by atoms with Crippen LogP contribution in [0.15, 0.2) is 0 Å². The number of Topliss-reactive ketones (excluding diaryl/α,β-unsaturated/α-hetero) is 1. The van der Waals surface area contributed by atoms with Crippen molar-refractivity contribution in [1.29, 1.82) is 0 Å². The van der Waals surface area contributed by atoms with Gasteiger partial charge in [0, 0.05) is 5.92 Å². The molecule has 2 N–H and O–H groups in total. The lowest BCUT2D eigenvalue weighted by Gasteiger charge is -2.18. The van der Waals surface area contributed by atoms with Crippen LogP contribution in [0.25, 0.3) is 0 Å². The van der Waals surface area contributed by atoms with Gasteiger partial charge in [-0.25, -0.2) is 0 Å². The summed E-state index contributed by atoms with van der Waals surface area (Å²) in [5, 5.41) is 18.3. The van der Waals surface area contributed by atoms with E-state index in [2.05, 4.69) is 0 Å². The van der Waals surface area contributed by atoms with Crippen molar-refractivity contribution in [3.63, 3.8) is 0 Å². The summed E-state index contributed by atoms with van der Waals surface area (Å²) in [5.41, 5.74) is -0.976. The zero-order chi connectivity index (χ0) is 8.48. The molecular weight excluding hydrogens is 144 g/mol. The molecule has 0 amide bonds. The van der Waals surface area contributed by atoms with Crippen molar-refractivity contribution in [2.75, 3.05) is 6.61 Å². The molecule has 0 aromatic heterocycles. The van der Waals surface area contributed by atoms with Gasteiger partial charge in [0.15, 0.2) is 0 Å². The highest BCUT2D eigenvalue weighted by molar-refractivity contribution is 5.78. The van der Waals surface area contributed by atoms with Crippen LogP contribution in [0.4, 0.5) is 0 Å². The third-order valence-corrected chi connectivity index (χ3v) is 2.45. The van der Waals surface area contributed by atoms with E-state index in [9.17, 15) is 9.90 Å². The Morgan fingerprint density at radius 2 is 2.36 bits per heavy atom. The van der Waals surface area contributed by atoms with E-state index in [4.69, 9.17) is 5.11 Å². The van der Waals surface area contributed by atoms with Crippen LogP contribution in [0, 0.1) is 5.92 Å². The van der Waals surface area contributed by atoms with E-state index >= 15 is 0 Å².